The number of hydrogen-bond acceptors (Lipinski definition) is 2. The third-order valence-corrected chi connectivity index (χ3v) is 4.84. The molecule has 0 bridgehead atoms. The van der Waals surface area contributed by atoms with Crippen molar-refractivity contribution in [3.63, 3.8) is 0 Å². The lowest BCUT2D eigenvalue weighted by Crippen LogP contribution is -2.38. The van der Waals surface area contributed by atoms with Crippen LogP contribution >= 0.6 is 0 Å². The summed E-state index contributed by atoms with van der Waals surface area (Å²) in [6, 6.07) is 0.374. The van der Waals surface area contributed by atoms with Gasteiger partial charge in [-0.2, -0.15) is 0 Å². The highest BCUT2D eigenvalue weighted by molar-refractivity contribution is 5.33. The standard InChI is InChI=1S/C20H32N2/c1-5-9-15(2)14-21-18-12-6-7-13-19(18)22-20-16(3)10-8-11-17(20)4/h10,15,17,20-22H,5-7,9,12-14H2,1-4H3/t15?,17?,20-/m0/s1. The molecule has 0 aromatic carbocycles. The Morgan fingerprint density at radius 2 is 2.00 bits per heavy atom. The van der Waals surface area contributed by atoms with E-state index in [4.69, 9.17) is 0 Å². The summed E-state index contributed by atoms with van der Waals surface area (Å²) < 4.78 is 0. The van der Waals surface area contributed by atoms with Crippen LogP contribution in [0.3, 0.4) is 0 Å². The summed E-state index contributed by atoms with van der Waals surface area (Å²) in [5, 5.41) is 7.55. The highest BCUT2D eigenvalue weighted by Gasteiger charge is 2.22. The molecular formula is C20H32N2. The van der Waals surface area contributed by atoms with Gasteiger partial charge in [0.15, 0.2) is 0 Å². The predicted molar refractivity (Wildman–Crippen MR) is 95.2 cm³/mol. The van der Waals surface area contributed by atoms with Gasteiger partial charge in [0, 0.05) is 23.9 Å². The summed E-state index contributed by atoms with van der Waals surface area (Å²) in [6.45, 7) is 10.1. The normalized spacial score (nSPS) is 25.9. The monoisotopic (exact) mass is 300 g/mol. The first-order valence-electron chi connectivity index (χ1n) is 9.02. The summed E-state index contributed by atoms with van der Waals surface area (Å²) in [7, 11) is 0. The first-order valence-corrected chi connectivity index (χ1v) is 9.02. The topological polar surface area (TPSA) is 24.1 Å². The van der Waals surface area contributed by atoms with E-state index in [9.17, 15) is 0 Å². The maximum Gasteiger partial charge on any atom is 0.0612 e. The van der Waals surface area contributed by atoms with Crippen LogP contribution in [0.15, 0.2) is 23.0 Å². The Balaban J connectivity index is 2.01. The van der Waals surface area contributed by atoms with Gasteiger partial charge in [0.05, 0.1) is 6.04 Å². The first-order chi connectivity index (χ1) is 10.6. The molecule has 22 heavy (non-hydrogen) atoms. The minimum atomic E-state index is 0.374. The Morgan fingerprint density at radius 1 is 1.27 bits per heavy atom. The molecule has 0 heterocycles. The second-order valence-corrected chi connectivity index (χ2v) is 7.03. The second kappa shape index (κ2) is 8.32. The Bertz CT molecular complexity index is 490. The van der Waals surface area contributed by atoms with Crippen LogP contribution in [-0.2, 0) is 0 Å². The molecule has 0 aromatic heterocycles. The molecule has 2 aliphatic rings. The van der Waals surface area contributed by atoms with Gasteiger partial charge in [-0.3, -0.25) is 0 Å². The Labute approximate surface area is 136 Å². The molecule has 0 saturated carbocycles. The zero-order valence-corrected chi connectivity index (χ0v) is 14.8. The molecule has 3 atom stereocenters. The fourth-order valence-electron chi connectivity index (χ4n) is 3.43. The number of allylic oxidation sites excluding steroid dienone is 3. The van der Waals surface area contributed by atoms with Crippen LogP contribution < -0.4 is 10.6 Å². The van der Waals surface area contributed by atoms with E-state index in [1.807, 2.05) is 0 Å². The van der Waals surface area contributed by atoms with Crippen molar-refractivity contribution >= 4 is 0 Å². The van der Waals surface area contributed by atoms with Crippen LogP contribution in [-0.4, -0.2) is 12.6 Å². The van der Waals surface area contributed by atoms with E-state index in [1.54, 1.807) is 0 Å². The summed E-state index contributed by atoms with van der Waals surface area (Å²) >= 11 is 0. The lowest BCUT2D eigenvalue weighted by Gasteiger charge is -2.31. The second-order valence-electron chi connectivity index (χ2n) is 7.03. The summed E-state index contributed by atoms with van der Waals surface area (Å²) in [6.07, 6.45) is 9.62. The molecule has 0 aromatic rings. The maximum atomic E-state index is 3.81. The van der Waals surface area contributed by atoms with Crippen molar-refractivity contribution in [2.45, 2.75) is 72.3 Å². The van der Waals surface area contributed by atoms with Gasteiger partial charge in [-0.15, -0.1) is 0 Å². The van der Waals surface area contributed by atoms with Crippen molar-refractivity contribution in [1.82, 2.24) is 10.6 Å². The van der Waals surface area contributed by atoms with Gasteiger partial charge in [-0.25, -0.2) is 0 Å². The molecule has 0 fully saturated rings. The van der Waals surface area contributed by atoms with E-state index in [-0.39, 0.29) is 0 Å². The quantitative estimate of drug-likeness (QED) is 0.683. The van der Waals surface area contributed by atoms with Crippen LogP contribution in [0.25, 0.3) is 0 Å². The van der Waals surface area contributed by atoms with Gasteiger partial charge in [-0.05, 0) is 63.5 Å². The van der Waals surface area contributed by atoms with Crippen molar-refractivity contribution in [3.8, 4) is 11.8 Å². The molecular weight excluding hydrogens is 268 g/mol. The minimum Gasteiger partial charge on any atom is -0.387 e. The van der Waals surface area contributed by atoms with Crippen LogP contribution in [0.5, 0.6) is 0 Å². The third kappa shape index (κ3) is 4.57. The summed E-state index contributed by atoms with van der Waals surface area (Å²) in [5.41, 5.74) is 4.25. The third-order valence-electron chi connectivity index (χ3n) is 4.84. The molecule has 0 radical (unpaired) electrons. The lowest BCUT2D eigenvalue weighted by molar-refractivity contribution is 0.462. The molecule has 0 aliphatic heterocycles. The molecule has 2 aliphatic carbocycles. The Kier molecular flexibility index (Phi) is 6.43. The zero-order chi connectivity index (χ0) is 15.9. The lowest BCUT2D eigenvalue weighted by atomic mass is 9.90. The highest BCUT2D eigenvalue weighted by Crippen LogP contribution is 2.25. The molecule has 0 amide bonds. The van der Waals surface area contributed by atoms with Crippen LogP contribution in [0.1, 0.15) is 66.2 Å². The van der Waals surface area contributed by atoms with E-state index in [1.165, 1.54) is 55.5 Å². The highest BCUT2D eigenvalue weighted by atomic mass is 15.0. The Hall–Kier alpha value is -1.36. The number of rotatable bonds is 7. The van der Waals surface area contributed by atoms with Gasteiger partial charge in [0.2, 0.25) is 0 Å². The molecule has 122 valence electrons. The van der Waals surface area contributed by atoms with E-state index < -0.39 is 0 Å². The first kappa shape index (κ1) is 17.0. The zero-order valence-electron chi connectivity index (χ0n) is 14.8. The van der Waals surface area contributed by atoms with Crippen LogP contribution in [0.4, 0.5) is 0 Å². The largest absolute Gasteiger partial charge is 0.387 e. The van der Waals surface area contributed by atoms with Crippen molar-refractivity contribution in [3.05, 3.63) is 23.0 Å². The smallest absolute Gasteiger partial charge is 0.0612 e. The molecule has 0 spiro atoms. The van der Waals surface area contributed by atoms with Crippen LogP contribution in [0, 0.1) is 23.7 Å². The minimum absolute atomic E-state index is 0.374. The maximum absolute atomic E-state index is 3.81. The molecule has 2 N–H and O–H groups in total. The van der Waals surface area contributed by atoms with Crippen molar-refractivity contribution in [2.75, 3.05) is 6.54 Å². The Morgan fingerprint density at radius 3 is 2.68 bits per heavy atom. The van der Waals surface area contributed by atoms with Crippen LogP contribution in [0.2, 0.25) is 0 Å². The van der Waals surface area contributed by atoms with Gasteiger partial charge in [-0.1, -0.05) is 32.1 Å². The molecule has 0 saturated heterocycles. The van der Waals surface area contributed by atoms with Gasteiger partial charge >= 0.3 is 0 Å². The van der Waals surface area contributed by atoms with Crippen molar-refractivity contribution in [1.29, 1.82) is 0 Å². The average molecular weight is 300 g/mol. The number of hydrogen-bond donors (Lipinski definition) is 2. The fraction of sp³-hybridized carbons (Fsp3) is 0.700. The molecule has 2 heteroatoms. The summed E-state index contributed by atoms with van der Waals surface area (Å²) in [4.78, 5) is 0. The SMILES string of the molecule is CCCC(C)CNC1=C(N[C@H]2C(C)=CC#CC2C)CCCC1. The molecule has 2 unspecified atom stereocenters. The van der Waals surface area contributed by atoms with E-state index in [0.29, 0.717) is 12.0 Å². The van der Waals surface area contributed by atoms with E-state index in [2.05, 4.69) is 56.2 Å². The van der Waals surface area contributed by atoms with Crippen molar-refractivity contribution < 1.29 is 0 Å². The number of nitrogens with one attached hydrogen (secondary N) is 2. The van der Waals surface area contributed by atoms with Gasteiger partial charge < -0.3 is 10.6 Å². The van der Waals surface area contributed by atoms with Crippen molar-refractivity contribution in [2.24, 2.45) is 11.8 Å². The van der Waals surface area contributed by atoms with E-state index >= 15 is 0 Å². The summed E-state index contributed by atoms with van der Waals surface area (Å²) in [5.74, 6) is 7.58. The average Bonchev–Trinajstić information content (AvgIpc) is 2.50. The molecule has 2 nitrogen and oxygen atoms in total. The van der Waals surface area contributed by atoms with Gasteiger partial charge in [0.25, 0.3) is 0 Å². The predicted octanol–water partition coefficient (Wildman–Crippen LogP) is 4.36. The van der Waals surface area contributed by atoms with E-state index in [0.717, 1.165) is 12.5 Å². The molecule has 2 rings (SSSR count). The fourth-order valence-corrected chi connectivity index (χ4v) is 3.43. The van der Waals surface area contributed by atoms with Gasteiger partial charge in [0.1, 0.15) is 0 Å².